The van der Waals surface area contributed by atoms with Crippen LogP contribution in [0.25, 0.3) is 0 Å². The molecule has 1 N–H and O–H groups in total. The van der Waals surface area contributed by atoms with Crippen molar-refractivity contribution >= 4 is 5.69 Å². The molecule has 0 bridgehead atoms. The number of anilines is 1. The van der Waals surface area contributed by atoms with Crippen molar-refractivity contribution in [2.45, 2.75) is 13.0 Å². The molecular weight excluding hydrogens is 205 g/mol. The maximum atomic E-state index is 13.3. The number of nitrogens with zero attached hydrogens (tertiary/aromatic N) is 2. The van der Waals surface area contributed by atoms with Gasteiger partial charge in [0.15, 0.2) is 0 Å². The second-order valence-corrected chi connectivity index (χ2v) is 4.00. The van der Waals surface area contributed by atoms with Gasteiger partial charge in [0.05, 0.1) is 5.56 Å². The molecule has 1 rings (SSSR count). The Kier molecular flexibility index (Phi) is 4.27. The minimum Gasteiger partial charge on any atom is -0.383 e. The zero-order valence-electron chi connectivity index (χ0n) is 9.79. The van der Waals surface area contributed by atoms with E-state index in [4.69, 9.17) is 5.26 Å². The molecule has 0 aliphatic heterocycles. The zero-order valence-corrected chi connectivity index (χ0v) is 9.79. The molecule has 0 radical (unpaired) electrons. The van der Waals surface area contributed by atoms with Gasteiger partial charge in [-0.1, -0.05) is 0 Å². The molecule has 0 saturated carbocycles. The Bertz CT molecular complexity index is 396. The Morgan fingerprint density at radius 1 is 1.50 bits per heavy atom. The molecule has 0 heterocycles. The molecule has 1 aromatic carbocycles. The van der Waals surface area contributed by atoms with E-state index in [1.807, 2.05) is 14.1 Å². The van der Waals surface area contributed by atoms with Crippen LogP contribution in [0.2, 0.25) is 0 Å². The molecule has 86 valence electrons. The Balaban J connectivity index is 2.63. The van der Waals surface area contributed by atoms with Gasteiger partial charge in [-0.15, -0.1) is 0 Å². The number of nitrogens with one attached hydrogen (secondary N) is 1. The predicted molar refractivity (Wildman–Crippen MR) is 62.8 cm³/mol. The molecule has 1 unspecified atom stereocenters. The van der Waals surface area contributed by atoms with Crippen LogP contribution in [-0.4, -0.2) is 31.6 Å². The van der Waals surface area contributed by atoms with Crippen molar-refractivity contribution in [2.75, 3.05) is 26.0 Å². The summed E-state index contributed by atoms with van der Waals surface area (Å²) in [5.74, 6) is -0.481. The average molecular weight is 221 g/mol. The Hall–Kier alpha value is -1.60. The van der Waals surface area contributed by atoms with Gasteiger partial charge in [0.1, 0.15) is 11.9 Å². The second-order valence-electron chi connectivity index (χ2n) is 4.00. The predicted octanol–water partition coefficient (Wildman–Crippen LogP) is 2.06. The number of hydrogen-bond acceptors (Lipinski definition) is 3. The molecule has 1 aromatic rings. The van der Waals surface area contributed by atoms with Crippen LogP contribution in [0.4, 0.5) is 10.1 Å². The van der Waals surface area contributed by atoms with E-state index in [2.05, 4.69) is 17.1 Å². The minimum atomic E-state index is -0.481. The molecule has 3 nitrogen and oxygen atoms in total. The second kappa shape index (κ2) is 5.47. The van der Waals surface area contributed by atoms with Crippen LogP contribution in [-0.2, 0) is 0 Å². The molecule has 0 amide bonds. The fourth-order valence-electron chi connectivity index (χ4n) is 1.16. The molecule has 1 atom stereocenters. The fraction of sp³-hybridized carbons (Fsp3) is 0.417. The van der Waals surface area contributed by atoms with Gasteiger partial charge in [-0.25, -0.2) is 4.39 Å². The van der Waals surface area contributed by atoms with E-state index in [-0.39, 0.29) is 5.56 Å². The molecule has 16 heavy (non-hydrogen) atoms. The van der Waals surface area contributed by atoms with Crippen LogP contribution in [0, 0.1) is 17.1 Å². The summed E-state index contributed by atoms with van der Waals surface area (Å²) in [5, 5.41) is 11.7. The van der Waals surface area contributed by atoms with E-state index in [0.717, 1.165) is 6.54 Å². The van der Waals surface area contributed by atoms with E-state index in [1.54, 1.807) is 12.1 Å². The lowest BCUT2D eigenvalue weighted by Gasteiger charge is -2.20. The van der Waals surface area contributed by atoms with Crippen molar-refractivity contribution in [3.8, 4) is 6.07 Å². The van der Waals surface area contributed by atoms with Crippen molar-refractivity contribution in [3.05, 3.63) is 29.6 Å². The molecule has 0 saturated heterocycles. The smallest absolute Gasteiger partial charge is 0.143 e. The van der Waals surface area contributed by atoms with Gasteiger partial charge >= 0.3 is 0 Å². The van der Waals surface area contributed by atoms with E-state index >= 15 is 0 Å². The van der Waals surface area contributed by atoms with E-state index < -0.39 is 5.82 Å². The first-order valence-corrected chi connectivity index (χ1v) is 5.14. The molecule has 4 heteroatoms. The van der Waals surface area contributed by atoms with E-state index in [1.165, 1.54) is 12.1 Å². The van der Waals surface area contributed by atoms with Gasteiger partial charge < -0.3 is 10.2 Å². The van der Waals surface area contributed by atoms with Gasteiger partial charge in [-0.05, 0) is 39.2 Å². The first kappa shape index (κ1) is 12.5. The largest absolute Gasteiger partial charge is 0.383 e. The molecule has 0 aromatic heterocycles. The zero-order chi connectivity index (χ0) is 12.1. The third kappa shape index (κ3) is 3.21. The maximum Gasteiger partial charge on any atom is 0.143 e. The summed E-state index contributed by atoms with van der Waals surface area (Å²) in [4.78, 5) is 2.08. The van der Waals surface area contributed by atoms with Crippen molar-refractivity contribution in [1.82, 2.24) is 4.90 Å². The van der Waals surface area contributed by atoms with Gasteiger partial charge in [-0.3, -0.25) is 0 Å². The molecule has 0 spiro atoms. The maximum absolute atomic E-state index is 13.3. The lowest BCUT2D eigenvalue weighted by Crippen LogP contribution is -2.31. The van der Waals surface area contributed by atoms with Crippen molar-refractivity contribution in [2.24, 2.45) is 0 Å². The Morgan fingerprint density at radius 3 is 2.69 bits per heavy atom. The highest BCUT2D eigenvalue weighted by Gasteiger charge is 2.05. The number of hydrogen-bond donors (Lipinski definition) is 1. The van der Waals surface area contributed by atoms with Gasteiger partial charge in [0.25, 0.3) is 0 Å². The van der Waals surface area contributed by atoms with Crippen LogP contribution >= 0.6 is 0 Å². The topological polar surface area (TPSA) is 39.1 Å². The SMILES string of the molecule is CC(CNc1ccc(C#N)c(F)c1)N(C)C. The number of nitriles is 1. The lowest BCUT2D eigenvalue weighted by atomic mass is 10.2. The number of rotatable bonds is 4. The van der Waals surface area contributed by atoms with Gasteiger partial charge in [0, 0.05) is 18.3 Å². The molecular formula is C12H16FN3. The van der Waals surface area contributed by atoms with Crippen LogP contribution < -0.4 is 5.32 Å². The molecule has 0 aliphatic carbocycles. The molecule has 0 fully saturated rings. The highest BCUT2D eigenvalue weighted by atomic mass is 19.1. The number of likely N-dealkylation sites (N-methyl/N-ethyl adjacent to an activating group) is 1. The quantitative estimate of drug-likeness (QED) is 0.845. The monoisotopic (exact) mass is 221 g/mol. The van der Waals surface area contributed by atoms with E-state index in [9.17, 15) is 4.39 Å². The minimum absolute atomic E-state index is 0.0752. The highest BCUT2D eigenvalue weighted by molar-refractivity contribution is 5.48. The van der Waals surface area contributed by atoms with Crippen molar-refractivity contribution in [1.29, 1.82) is 5.26 Å². The van der Waals surface area contributed by atoms with Crippen LogP contribution in [0.3, 0.4) is 0 Å². The number of halogens is 1. The Morgan fingerprint density at radius 2 is 2.19 bits per heavy atom. The average Bonchev–Trinajstić information content (AvgIpc) is 2.25. The summed E-state index contributed by atoms with van der Waals surface area (Å²) in [7, 11) is 3.98. The summed E-state index contributed by atoms with van der Waals surface area (Å²) >= 11 is 0. The van der Waals surface area contributed by atoms with Gasteiger partial charge in [0.2, 0.25) is 0 Å². The fourth-order valence-corrected chi connectivity index (χ4v) is 1.16. The summed E-state index contributed by atoms with van der Waals surface area (Å²) in [5.41, 5.74) is 0.774. The highest BCUT2D eigenvalue weighted by Crippen LogP contribution is 2.13. The number of benzene rings is 1. The molecule has 0 aliphatic rings. The lowest BCUT2D eigenvalue weighted by molar-refractivity contribution is 0.326. The van der Waals surface area contributed by atoms with E-state index in [0.29, 0.717) is 11.7 Å². The standard InChI is InChI=1S/C12H16FN3/c1-9(16(2)3)8-15-11-5-4-10(7-14)12(13)6-11/h4-6,9,15H,8H2,1-3H3. The van der Waals surface area contributed by atoms with Crippen molar-refractivity contribution < 1.29 is 4.39 Å². The van der Waals surface area contributed by atoms with Crippen LogP contribution in [0.15, 0.2) is 18.2 Å². The Labute approximate surface area is 95.5 Å². The normalized spacial score (nSPS) is 12.2. The van der Waals surface area contributed by atoms with Crippen LogP contribution in [0.1, 0.15) is 12.5 Å². The van der Waals surface area contributed by atoms with Crippen LogP contribution in [0.5, 0.6) is 0 Å². The summed E-state index contributed by atoms with van der Waals surface area (Å²) < 4.78 is 13.3. The first-order chi connectivity index (χ1) is 7.54. The van der Waals surface area contributed by atoms with Crippen molar-refractivity contribution in [3.63, 3.8) is 0 Å². The first-order valence-electron chi connectivity index (χ1n) is 5.14. The van der Waals surface area contributed by atoms with Gasteiger partial charge in [-0.2, -0.15) is 5.26 Å². The summed E-state index contributed by atoms with van der Waals surface area (Å²) in [6.07, 6.45) is 0. The summed E-state index contributed by atoms with van der Waals surface area (Å²) in [6, 6.07) is 6.70. The third-order valence-corrected chi connectivity index (χ3v) is 2.57. The third-order valence-electron chi connectivity index (χ3n) is 2.57. The summed E-state index contributed by atoms with van der Waals surface area (Å²) in [6.45, 7) is 2.81.